The molecule has 2 heterocycles. The summed E-state index contributed by atoms with van der Waals surface area (Å²) in [5, 5.41) is 7.39. The van der Waals surface area contributed by atoms with E-state index in [2.05, 4.69) is 53.4 Å². The third-order valence-electron chi connectivity index (χ3n) is 5.62. The van der Waals surface area contributed by atoms with Crippen LogP contribution in [0.5, 0.6) is 0 Å². The largest absolute Gasteiger partial charge is 0.344 e. The zero-order valence-corrected chi connectivity index (χ0v) is 14.4. The highest BCUT2D eigenvalue weighted by Crippen LogP contribution is 2.49. The standard InChI is InChI=1S/C19H24N4O/c1-12(2)23-10-15-13-6-4-5-7-14(13)18(16(15)11-23)21-19(24)17-8-9-20-22(17)3/h4-9,12,15-16,18H,10-11H2,1-3H3,(H,21,24)/t15-,16-,18+/m0/s1. The highest BCUT2D eigenvalue weighted by molar-refractivity contribution is 5.92. The minimum Gasteiger partial charge on any atom is -0.344 e. The second-order valence-electron chi connectivity index (χ2n) is 7.24. The molecule has 0 bridgehead atoms. The van der Waals surface area contributed by atoms with Crippen molar-refractivity contribution in [1.29, 1.82) is 0 Å². The number of carbonyl (C=O) groups is 1. The van der Waals surface area contributed by atoms with E-state index in [1.165, 1.54) is 11.1 Å². The molecule has 1 amide bonds. The van der Waals surface area contributed by atoms with Crippen LogP contribution in [0.1, 0.15) is 47.4 Å². The molecule has 1 saturated heterocycles. The van der Waals surface area contributed by atoms with Crippen LogP contribution in [0.4, 0.5) is 0 Å². The fraction of sp³-hybridized carbons (Fsp3) is 0.474. The Morgan fingerprint density at radius 3 is 2.62 bits per heavy atom. The van der Waals surface area contributed by atoms with Gasteiger partial charge >= 0.3 is 0 Å². The Morgan fingerprint density at radius 2 is 1.96 bits per heavy atom. The number of nitrogens with one attached hydrogen (secondary N) is 1. The first-order valence-electron chi connectivity index (χ1n) is 8.68. The van der Waals surface area contributed by atoms with Gasteiger partial charge in [-0.2, -0.15) is 5.10 Å². The average molecular weight is 324 g/mol. The van der Waals surface area contributed by atoms with Crippen LogP contribution < -0.4 is 5.32 Å². The molecule has 1 aromatic heterocycles. The van der Waals surface area contributed by atoms with Crippen LogP contribution in [0.2, 0.25) is 0 Å². The van der Waals surface area contributed by atoms with Gasteiger partial charge < -0.3 is 5.32 Å². The molecule has 24 heavy (non-hydrogen) atoms. The topological polar surface area (TPSA) is 50.2 Å². The molecule has 3 atom stereocenters. The lowest BCUT2D eigenvalue weighted by atomic mass is 9.94. The van der Waals surface area contributed by atoms with Gasteiger partial charge in [0.2, 0.25) is 0 Å². The van der Waals surface area contributed by atoms with Gasteiger partial charge in [-0.3, -0.25) is 14.4 Å². The molecule has 0 radical (unpaired) electrons. The van der Waals surface area contributed by atoms with Gasteiger partial charge in [-0.15, -0.1) is 0 Å². The molecular weight excluding hydrogens is 300 g/mol. The normalized spacial score (nSPS) is 25.8. The Balaban J connectivity index is 1.64. The molecule has 126 valence electrons. The molecule has 5 nitrogen and oxygen atoms in total. The van der Waals surface area contributed by atoms with Crippen LogP contribution in [0.15, 0.2) is 36.5 Å². The summed E-state index contributed by atoms with van der Waals surface area (Å²) in [7, 11) is 1.80. The Labute approximate surface area is 142 Å². The van der Waals surface area contributed by atoms with Gasteiger partial charge in [0, 0.05) is 44.2 Å². The van der Waals surface area contributed by atoms with Gasteiger partial charge in [-0.05, 0) is 31.0 Å². The number of likely N-dealkylation sites (tertiary alicyclic amines) is 1. The summed E-state index contributed by atoms with van der Waals surface area (Å²) in [5.74, 6) is 0.917. The highest BCUT2D eigenvalue weighted by atomic mass is 16.2. The van der Waals surface area contributed by atoms with E-state index in [0.717, 1.165) is 13.1 Å². The smallest absolute Gasteiger partial charge is 0.270 e. The lowest BCUT2D eigenvalue weighted by molar-refractivity contribution is 0.0914. The van der Waals surface area contributed by atoms with E-state index < -0.39 is 0 Å². The Hall–Kier alpha value is -2.14. The van der Waals surface area contributed by atoms with E-state index in [1.807, 2.05) is 0 Å². The van der Waals surface area contributed by atoms with E-state index in [-0.39, 0.29) is 11.9 Å². The average Bonchev–Trinajstić information content (AvgIpc) is 3.23. The molecule has 1 aliphatic carbocycles. The molecule has 2 aliphatic rings. The van der Waals surface area contributed by atoms with Gasteiger partial charge in [0.25, 0.3) is 5.91 Å². The fourth-order valence-electron chi connectivity index (χ4n) is 4.31. The van der Waals surface area contributed by atoms with Crippen LogP contribution >= 0.6 is 0 Å². The van der Waals surface area contributed by atoms with Crippen molar-refractivity contribution in [3.05, 3.63) is 53.3 Å². The van der Waals surface area contributed by atoms with Gasteiger partial charge in [-0.25, -0.2) is 0 Å². The maximum Gasteiger partial charge on any atom is 0.270 e. The Bertz CT molecular complexity index is 766. The second kappa shape index (κ2) is 5.74. The van der Waals surface area contributed by atoms with Crippen molar-refractivity contribution in [2.24, 2.45) is 13.0 Å². The van der Waals surface area contributed by atoms with Gasteiger partial charge in [0.15, 0.2) is 0 Å². The zero-order valence-electron chi connectivity index (χ0n) is 14.4. The van der Waals surface area contributed by atoms with E-state index in [0.29, 0.717) is 23.6 Å². The van der Waals surface area contributed by atoms with Crippen molar-refractivity contribution < 1.29 is 4.79 Å². The Morgan fingerprint density at radius 1 is 1.21 bits per heavy atom. The number of amides is 1. The van der Waals surface area contributed by atoms with E-state index in [9.17, 15) is 4.79 Å². The minimum atomic E-state index is -0.0431. The van der Waals surface area contributed by atoms with Crippen molar-refractivity contribution >= 4 is 5.91 Å². The molecule has 1 N–H and O–H groups in total. The van der Waals surface area contributed by atoms with Crippen molar-refractivity contribution in [3.63, 3.8) is 0 Å². The maximum absolute atomic E-state index is 12.7. The molecule has 5 heteroatoms. The predicted octanol–water partition coefficient (Wildman–Crippen LogP) is 2.33. The first-order valence-corrected chi connectivity index (χ1v) is 8.68. The quantitative estimate of drug-likeness (QED) is 0.943. The van der Waals surface area contributed by atoms with Crippen molar-refractivity contribution in [1.82, 2.24) is 20.0 Å². The zero-order chi connectivity index (χ0) is 16.8. The van der Waals surface area contributed by atoms with Crippen molar-refractivity contribution in [3.8, 4) is 0 Å². The molecule has 0 spiro atoms. The summed E-state index contributed by atoms with van der Waals surface area (Å²) < 4.78 is 1.63. The van der Waals surface area contributed by atoms with E-state index in [4.69, 9.17) is 0 Å². The van der Waals surface area contributed by atoms with E-state index >= 15 is 0 Å². The minimum absolute atomic E-state index is 0.0431. The van der Waals surface area contributed by atoms with Gasteiger partial charge in [-0.1, -0.05) is 24.3 Å². The molecule has 1 fully saturated rings. The fourth-order valence-corrected chi connectivity index (χ4v) is 4.31. The second-order valence-corrected chi connectivity index (χ2v) is 7.24. The number of carbonyl (C=O) groups excluding carboxylic acids is 1. The number of benzene rings is 1. The summed E-state index contributed by atoms with van der Waals surface area (Å²) in [6.45, 7) is 6.61. The van der Waals surface area contributed by atoms with Crippen molar-refractivity contribution in [2.75, 3.05) is 13.1 Å². The maximum atomic E-state index is 12.7. The molecular formula is C19H24N4O. The number of aromatic nitrogens is 2. The number of hydrogen-bond acceptors (Lipinski definition) is 3. The summed E-state index contributed by atoms with van der Waals surface area (Å²) >= 11 is 0. The third kappa shape index (κ3) is 2.35. The molecule has 0 saturated carbocycles. The SMILES string of the molecule is CC(C)N1C[C@@H]2[C@H](NC(=O)c3ccnn3C)c3ccccc3[C@@H]2C1. The summed E-state index contributed by atoms with van der Waals surface area (Å²) in [5.41, 5.74) is 3.29. The van der Waals surface area contributed by atoms with Gasteiger partial charge in [0.05, 0.1) is 6.04 Å². The number of hydrogen-bond donors (Lipinski definition) is 1. The monoisotopic (exact) mass is 324 g/mol. The lowest BCUT2D eigenvalue weighted by Crippen LogP contribution is -2.35. The number of fused-ring (bicyclic) bond motifs is 3. The molecule has 0 unspecified atom stereocenters. The summed E-state index contributed by atoms with van der Waals surface area (Å²) in [6.07, 6.45) is 1.66. The molecule has 2 aromatic rings. The van der Waals surface area contributed by atoms with Crippen molar-refractivity contribution in [2.45, 2.75) is 31.8 Å². The van der Waals surface area contributed by atoms with Crippen LogP contribution in [0.3, 0.4) is 0 Å². The number of nitrogens with zero attached hydrogens (tertiary/aromatic N) is 3. The van der Waals surface area contributed by atoms with Crippen LogP contribution in [-0.4, -0.2) is 39.7 Å². The first kappa shape index (κ1) is 15.4. The predicted molar refractivity (Wildman–Crippen MR) is 92.8 cm³/mol. The third-order valence-corrected chi connectivity index (χ3v) is 5.62. The summed E-state index contributed by atoms with van der Waals surface area (Å²) in [6, 6.07) is 11.0. The van der Waals surface area contributed by atoms with Crippen LogP contribution in [0, 0.1) is 5.92 Å². The molecule has 4 rings (SSSR count). The Kier molecular flexibility index (Phi) is 3.68. The van der Waals surface area contributed by atoms with E-state index in [1.54, 1.807) is 24.0 Å². The molecule has 1 aliphatic heterocycles. The molecule has 1 aromatic carbocycles. The van der Waals surface area contributed by atoms with Crippen LogP contribution in [-0.2, 0) is 7.05 Å². The van der Waals surface area contributed by atoms with Gasteiger partial charge in [0.1, 0.15) is 5.69 Å². The number of rotatable bonds is 3. The highest BCUT2D eigenvalue weighted by Gasteiger charge is 2.47. The van der Waals surface area contributed by atoms with Crippen LogP contribution in [0.25, 0.3) is 0 Å². The first-order chi connectivity index (χ1) is 11.6. The number of aryl methyl sites for hydroxylation is 1. The lowest BCUT2D eigenvalue weighted by Gasteiger charge is -2.25. The summed E-state index contributed by atoms with van der Waals surface area (Å²) in [4.78, 5) is 15.2.